The van der Waals surface area contributed by atoms with E-state index in [2.05, 4.69) is 48.4 Å². The fraction of sp³-hybridized carbons (Fsp3) is 0.339. The first-order valence-corrected chi connectivity index (χ1v) is 25.5. The van der Waals surface area contributed by atoms with E-state index in [0.717, 1.165) is 28.8 Å². The third kappa shape index (κ3) is 12.1. The third-order valence-corrected chi connectivity index (χ3v) is 14.8. The number of amides is 1. The molecule has 0 N–H and O–H groups in total. The highest BCUT2D eigenvalue weighted by atomic mass is 31.2. The molecule has 7 aromatic rings. The second-order valence-corrected chi connectivity index (χ2v) is 19.5. The van der Waals surface area contributed by atoms with E-state index in [-0.39, 0.29) is 60.8 Å². The highest BCUT2D eigenvalue weighted by molar-refractivity contribution is 7.44. The Morgan fingerprint density at radius 1 is 0.787 bits per heavy atom. The van der Waals surface area contributed by atoms with Crippen molar-refractivity contribution in [1.82, 2.24) is 24.2 Å². The van der Waals surface area contributed by atoms with Crippen molar-refractivity contribution < 1.29 is 51.0 Å². The number of hydrogen-bond acceptors (Lipinski definition) is 14. The lowest BCUT2D eigenvalue weighted by Crippen LogP contribution is -2.42. The summed E-state index contributed by atoms with van der Waals surface area (Å²) in [6.45, 7) is 7.61. The Balaban J connectivity index is 1.23. The molecule has 5 aromatic carbocycles. The molecule has 16 nitrogen and oxygen atoms in total. The minimum Gasteiger partial charge on any atom is -0.497 e. The van der Waals surface area contributed by atoms with Gasteiger partial charge in [-0.2, -0.15) is 5.26 Å². The smallest absolute Gasteiger partial charge is 0.266 e. The highest BCUT2D eigenvalue weighted by Crippen LogP contribution is 2.51. The molecule has 1 saturated heterocycles. The van der Waals surface area contributed by atoms with Gasteiger partial charge in [0.05, 0.1) is 52.8 Å². The van der Waals surface area contributed by atoms with Crippen LogP contribution in [-0.2, 0) is 40.2 Å². The lowest BCUT2D eigenvalue weighted by molar-refractivity contribution is -0.120. The van der Waals surface area contributed by atoms with E-state index in [0.29, 0.717) is 17.2 Å². The van der Waals surface area contributed by atoms with E-state index < -0.39 is 62.8 Å². The molecule has 19 heteroatoms. The quantitative estimate of drug-likeness (QED) is 0.0319. The SMILES string of the molecule is COc1ccc(C(OC[C@H]2O[C@@H](n3cnc4c(N(Cc5ccc(F)c(F)c5)C(=O)COc5ccccc5)ncnc43)[C@@H](OC)C2OP(OCCC#N)N(C(C)C)C(C)C)(c2ccccc2)c2ccc(OC)cc2)cc1. The second-order valence-electron chi connectivity index (χ2n) is 18.0. The topological polar surface area (TPSA) is 165 Å². The number of carbonyl (C=O) groups is 1. The lowest BCUT2D eigenvalue weighted by Gasteiger charge is -2.39. The number of ether oxygens (including phenoxy) is 6. The Bertz CT molecular complexity index is 2950. The average Bonchev–Trinajstić information content (AvgIpc) is 4.02. The molecule has 1 fully saturated rings. The zero-order valence-electron chi connectivity index (χ0n) is 42.8. The average molecular weight is 1040 g/mol. The van der Waals surface area contributed by atoms with Gasteiger partial charge < -0.3 is 37.5 Å². The van der Waals surface area contributed by atoms with Crippen LogP contribution < -0.4 is 19.1 Å². The molecule has 0 radical (unpaired) electrons. The largest absolute Gasteiger partial charge is 0.497 e. The zero-order chi connectivity index (χ0) is 53.1. The number of imidazole rings is 1. The van der Waals surface area contributed by atoms with Crippen LogP contribution in [0.1, 0.15) is 62.6 Å². The summed E-state index contributed by atoms with van der Waals surface area (Å²) in [5.41, 5.74) is 1.91. The summed E-state index contributed by atoms with van der Waals surface area (Å²) in [5, 5.41) is 9.59. The molecule has 3 heterocycles. The molecule has 0 saturated carbocycles. The molecule has 1 amide bonds. The molecular weight excluding hydrogens is 984 g/mol. The van der Waals surface area contributed by atoms with Crippen LogP contribution in [0.2, 0.25) is 0 Å². The van der Waals surface area contributed by atoms with Crippen molar-refractivity contribution in [3.63, 3.8) is 0 Å². The number of nitrogens with zero attached hydrogens (tertiary/aromatic N) is 7. The number of hydrogen-bond donors (Lipinski definition) is 0. The maximum Gasteiger partial charge on any atom is 0.266 e. The Labute approximate surface area is 436 Å². The number of nitriles is 1. The van der Waals surface area contributed by atoms with Gasteiger partial charge in [-0.15, -0.1) is 0 Å². The van der Waals surface area contributed by atoms with Gasteiger partial charge in [-0.05, 0) is 98.5 Å². The summed E-state index contributed by atoms with van der Waals surface area (Å²) < 4.78 is 84.3. The van der Waals surface area contributed by atoms with Gasteiger partial charge in [0.25, 0.3) is 14.4 Å². The summed E-state index contributed by atoms with van der Waals surface area (Å²) in [7, 11) is 2.92. The van der Waals surface area contributed by atoms with Gasteiger partial charge in [-0.25, -0.2) is 28.4 Å². The van der Waals surface area contributed by atoms with Gasteiger partial charge in [0.1, 0.15) is 47.5 Å². The fourth-order valence-electron chi connectivity index (χ4n) is 9.19. The van der Waals surface area contributed by atoms with Crippen LogP contribution in [0.3, 0.4) is 0 Å². The summed E-state index contributed by atoms with van der Waals surface area (Å²) >= 11 is 0. The molecule has 1 aliphatic heterocycles. The molecule has 0 bridgehead atoms. The number of anilines is 1. The van der Waals surface area contributed by atoms with Gasteiger partial charge in [0, 0.05) is 19.2 Å². The summed E-state index contributed by atoms with van der Waals surface area (Å²) in [4.78, 5) is 29.5. The molecule has 8 rings (SSSR count). The number of rotatable bonds is 24. The number of halogens is 2. The number of para-hydroxylation sites is 1. The predicted molar refractivity (Wildman–Crippen MR) is 278 cm³/mol. The number of methoxy groups -OCH3 is 3. The van der Waals surface area contributed by atoms with Crippen molar-refractivity contribution in [3.8, 4) is 23.3 Å². The first-order valence-electron chi connectivity index (χ1n) is 24.4. The standard InChI is InChI=1S/C56H60F2N7O9P/c1-37(2)65(38(3)4)75(72-30-14-29-59)74-51-48(33-71-56(40-15-10-8-11-16-40,41-20-24-43(67-5)25-21-41)42-22-26-44(68-6)27-23-42)73-55(52(51)69-7)64-36-62-50-53(60-35-61-54(50)64)63(32-39-19-28-46(57)47(58)31-39)49(66)34-70-45-17-12-9-13-18-45/h8-13,15-28,31,35-38,48,51-52,55H,14,30,32-34H2,1-7H3/t48-,51?,52+,55-,75?/m1/s1. The molecule has 5 atom stereocenters. The molecule has 2 unspecified atom stereocenters. The summed E-state index contributed by atoms with van der Waals surface area (Å²) in [6, 6.07) is 39.6. The van der Waals surface area contributed by atoms with Crippen LogP contribution in [0.4, 0.5) is 14.6 Å². The van der Waals surface area contributed by atoms with Crippen molar-refractivity contribution in [2.24, 2.45) is 0 Å². The van der Waals surface area contributed by atoms with Crippen molar-refractivity contribution >= 4 is 31.4 Å². The molecule has 75 heavy (non-hydrogen) atoms. The minimum atomic E-state index is -1.87. The molecule has 1 aliphatic rings. The highest BCUT2D eigenvalue weighted by Gasteiger charge is 2.51. The maximum absolute atomic E-state index is 14.7. The van der Waals surface area contributed by atoms with Gasteiger partial charge in [-0.1, -0.05) is 78.9 Å². The normalized spacial score (nSPS) is 17.1. The first-order chi connectivity index (χ1) is 36.4. The fourth-order valence-corrected chi connectivity index (χ4v) is 11.0. The van der Waals surface area contributed by atoms with E-state index in [4.69, 9.17) is 42.5 Å². The predicted octanol–water partition coefficient (Wildman–Crippen LogP) is 10.3. The molecule has 0 spiro atoms. The van der Waals surface area contributed by atoms with Crippen LogP contribution in [0.5, 0.6) is 17.2 Å². The Morgan fingerprint density at radius 3 is 2.00 bits per heavy atom. The van der Waals surface area contributed by atoms with Crippen LogP contribution in [0.25, 0.3) is 11.2 Å². The van der Waals surface area contributed by atoms with Crippen LogP contribution in [-0.4, -0.2) is 102 Å². The first kappa shape index (κ1) is 54.3. The van der Waals surface area contributed by atoms with E-state index in [1.807, 2.05) is 84.9 Å². The molecule has 2 aromatic heterocycles. The van der Waals surface area contributed by atoms with Gasteiger partial charge in [0.2, 0.25) is 0 Å². The van der Waals surface area contributed by atoms with Gasteiger partial charge >= 0.3 is 0 Å². The second kappa shape index (κ2) is 25.1. The summed E-state index contributed by atoms with van der Waals surface area (Å²) in [6.07, 6.45) is -0.713. The van der Waals surface area contributed by atoms with E-state index in [1.54, 1.807) is 50.2 Å². The van der Waals surface area contributed by atoms with E-state index in [9.17, 15) is 18.8 Å². The van der Waals surface area contributed by atoms with E-state index >= 15 is 0 Å². The van der Waals surface area contributed by atoms with Crippen LogP contribution >= 0.6 is 8.53 Å². The van der Waals surface area contributed by atoms with Crippen LogP contribution in [0, 0.1) is 23.0 Å². The molecule has 392 valence electrons. The maximum atomic E-state index is 14.7. The van der Waals surface area contributed by atoms with Crippen molar-refractivity contribution in [2.45, 2.75) is 82.9 Å². The summed E-state index contributed by atoms with van der Waals surface area (Å²) in [5.74, 6) is -0.794. The third-order valence-electron chi connectivity index (χ3n) is 12.7. The van der Waals surface area contributed by atoms with Crippen molar-refractivity contribution in [3.05, 3.63) is 174 Å². The molecule has 0 aliphatic carbocycles. The minimum absolute atomic E-state index is 0.0363. The van der Waals surface area contributed by atoms with Crippen LogP contribution in [0.15, 0.2) is 140 Å². The van der Waals surface area contributed by atoms with E-state index in [1.165, 1.54) is 23.6 Å². The Kier molecular flexibility index (Phi) is 18.2. The van der Waals surface area contributed by atoms with Crippen molar-refractivity contribution in [1.29, 1.82) is 5.26 Å². The van der Waals surface area contributed by atoms with Gasteiger partial charge in [0.15, 0.2) is 41.5 Å². The number of carbonyl (C=O) groups excluding carboxylic acids is 1. The zero-order valence-corrected chi connectivity index (χ0v) is 43.7. The number of fused-ring (bicyclic) bond motifs is 1. The Hall–Kier alpha value is -6.94. The van der Waals surface area contributed by atoms with Crippen molar-refractivity contribution in [2.75, 3.05) is 46.0 Å². The number of aromatic nitrogens is 4. The monoisotopic (exact) mass is 1040 g/mol. The van der Waals surface area contributed by atoms with Gasteiger partial charge in [-0.3, -0.25) is 14.3 Å². The lowest BCUT2D eigenvalue weighted by atomic mass is 9.80. The Morgan fingerprint density at radius 2 is 1.41 bits per heavy atom. The molecular formula is C56H60F2N7O9P. The number of benzene rings is 5.